The standard InChI is InChI=1S/C17H18F3N5O3S2/c1-3-21-16(27)25-12-4-8(14-24-11(7-29-14)17(18,19)20)9(5-22-12)13-23-6-10(30-13)15(26)28-2/h5-6,11-12H,3-4,7H2,1-2H3,(H2,21,25,27). The van der Waals surface area contributed by atoms with Crippen molar-refractivity contribution >= 4 is 51.9 Å². The van der Waals surface area contributed by atoms with Crippen LogP contribution in [0.25, 0.3) is 5.57 Å². The molecule has 2 atom stereocenters. The van der Waals surface area contributed by atoms with Crippen LogP contribution in [-0.2, 0) is 4.74 Å². The number of esters is 1. The molecular weight excluding hydrogens is 443 g/mol. The maximum absolute atomic E-state index is 13.1. The number of carbonyl (C=O) groups is 2. The van der Waals surface area contributed by atoms with Gasteiger partial charge < -0.3 is 15.4 Å². The number of ether oxygens (including phenoxy) is 1. The molecule has 30 heavy (non-hydrogen) atoms. The van der Waals surface area contributed by atoms with Gasteiger partial charge in [0, 0.05) is 30.5 Å². The lowest BCUT2D eigenvalue weighted by Crippen LogP contribution is -2.42. The van der Waals surface area contributed by atoms with Crippen LogP contribution in [-0.4, -0.2) is 66.0 Å². The molecule has 13 heteroatoms. The Kier molecular flexibility index (Phi) is 6.81. The number of thiazole rings is 1. The molecule has 3 heterocycles. The van der Waals surface area contributed by atoms with Crippen molar-refractivity contribution in [2.24, 2.45) is 9.98 Å². The van der Waals surface area contributed by atoms with Crippen LogP contribution in [0.15, 0.2) is 21.8 Å². The number of aromatic nitrogens is 1. The summed E-state index contributed by atoms with van der Waals surface area (Å²) >= 11 is 2.04. The van der Waals surface area contributed by atoms with E-state index >= 15 is 0 Å². The van der Waals surface area contributed by atoms with Gasteiger partial charge in [-0.1, -0.05) is 0 Å². The van der Waals surface area contributed by atoms with Crippen molar-refractivity contribution in [1.29, 1.82) is 0 Å². The molecule has 0 radical (unpaired) electrons. The Labute approximate surface area is 178 Å². The third-order valence-corrected chi connectivity index (χ3v) is 6.27. The van der Waals surface area contributed by atoms with Crippen LogP contribution in [0, 0.1) is 0 Å². The Morgan fingerprint density at radius 3 is 2.77 bits per heavy atom. The second-order valence-electron chi connectivity index (χ2n) is 6.22. The van der Waals surface area contributed by atoms with E-state index in [-0.39, 0.29) is 22.1 Å². The number of alkyl halides is 3. The number of nitrogens with zero attached hydrogens (tertiary/aromatic N) is 3. The quantitative estimate of drug-likeness (QED) is 0.656. The predicted octanol–water partition coefficient (Wildman–Crippen LogP) is 2.88. The Morgan fingerprint density at radius 2 is 2.13 bits per heavy atom. The van der Waals surface area contributed by atoms with E-state index in [0.29, 0.717) is 22.7 Å². The van der Waals surface area contributed by atoms with E-state index in [1.165, 1.54) is 19.5 Å². The third kappa shape index (κ3) is 5.01. The molecule has 0 aliphatic carbocycles. The van der Waals surface area contributed by atoms with Crippen molar-refractivity contribution in [1.82, 2.24) is 15.6 Å². The SMILES string of the molecule is CCNC(=O)NC1CC(C2=NC(C(F)(F)F)CS2)=C(c2ncc(C(=O)OC)s2)C=N1. The van der Waals surface area contributed by atoms with Crippen molar-refractivity contribution in [2.75, 3.05) is 19.4 Å². The van der Waals surface area contributed by atoms with Gasteiger partial charge in [-0.05, 0) is 12.5 Å². The molecule has 2 unspecified atom stereocenters. The van der Waals surface area contributed by atoms with Gasteiger partial charge in [-0.3, -0.25) is 9.98 Å². The number of aliphatic imine (C=N–C) groups is 2. The number of halogens is 3. The smallest absolute Gasteiger partial charge is 0.411 e. The van der Waals surface area contributed by atoms with Gasteiger partial charge >= 0.3 is 18.2 Å². The zero-order valence-electron chi connectivity index (χ0n) is 15.9. The van der Waals surface area contributed by atoms with E-state index in [1.807, 2.05) is 0 Å². The molecular formula is C17H18F3N5O3S2. The van der Waals surface area contributed by atoms with Crippen LogP contribution < -0.4 is 10.6 Å². The average molecular weight is 461 g/mol. The number of carbonyl (C=O) groups excluding carboxylic acids is 2. The predicted molar refractivity (Wildman–Crippen MR) is 109 cm³/mol. The normalized spacial score (nSPS) is 21.4. The second kappa shape index (κ2) is 9.16. The highest BCUT2D eigenvalue weighted by Gasteiger charge is 2.43. The molecule has 0 saturated carbocycles. The van der Waals surface area contributed by atoms with Crippen LogP contribution in [0.1, 0.15) is 28.0 Å². The molecule has 2 aliphatic rings. The Morgan fingerprint density at radius 1 is 1.37 bits per heavy atom. The number of methoxy groups -OCH3 is 1. The van der Waals surface area contributed by atoms with Gasteiger partial charge in [-0.25, -0.2) is 14.6 Å². The van der Waals surface area contributed by atoms with E-state index in [1.54, 1.807) is 6.92 Å². The van der Waals surface area contributed by atoms with Gasteiger partial charge in [-0.15, -0.1) is 23.1 Å². The number of amides is 2. The minimum absolute atomic E-state index is 0.145. The average Bonchev–Trinajstić information content (AvgIpc) is 3.37. The molecule has 1 aromatic heterocycles. The lowest BCUT2D eigenvalue weighted by molar-refractivity contribution is -0.141. The number of hydrogen-bond donors (Lipinski definition) is 2. The first-order chi connectivity index (χ1) is 14.2. The molecule has 1 aromatic rings. The van der Waals surface area contributed by atoms with Crippen LogP contribution in [0.4, 0.5) is 18.0 Å². The zero-order chi connectivity index (χ0) is 21.9. The van der Waals surface area contributed by atoms with Crippen molar-refractivity contribution in [3.05, 3.63) is 21.7 Å². The van der Waals surface area contributed by atoms with Gasteiger partial charge in [-0.2, -0.15) is 13.2 Å². The molecule has 2 N–H and O–H groups in total. The summed E-state index contributed by atoms with van der Waals surface area (Å²) in [6.45, 7) is 2.18. The fourth-order valence-corrected chi connectivity index (χ4v) is 4.76. The Hall–Kier alpha value is -2.41. The fourth-order valence-electron chi connectivity index (χ4n) is 2.74. The molecule has 0 saturated heterocycles. The first-order valence-corrected chi connectivity index (χ1v) is 10.7. The molecule has 0 bridgehead atoms. The molecule has 2 aliphatic heterocycles. The molecule has 8 nitrogen and oxygen atoms in total. The number of dihydropyridines is 1. The lowest BCUT2D eigenvalue weighted by Gasteiger charge is -2.22. The first-order valence-electron chi connectivity index (χ1n) is 8.85. The molecule has 0 spiro atoms. The monoisotopic (exact) mass is 461 g/mol. The highest BCUT2D eigenvalue weighted by atomic mass is 32.2. The largest absolute Gasteiger partial charge is 0.465 e. The summed E-state index contributed by atoms with van der Waals surface area (Å²) in [4.78, 5) is 36.1. The number of allylic oxidation sites excluding steroid dienone is 1. The highest BCUT2D eigenvalue weighted by molar-refractivity contribution is 8.14. The Balaban J connectivity index is 1.95. The third-order valence-electron chi connectivity index (χ3n) is 4.15. The van der Waals surface area contributed by atoms with Crippen molar-refractivity contribution in [2.45, 2.75) is 31.7 Å². The molecule has 2 amide bonds. The van der Waals surface area contributed by atoms with Crippen LogP contribution >= 0.6 is 23.1 Å². The topological polar surface area (TPSA) is 105 Å². The summed E-state index contributed by atoms with van der Waals surface area (Å²) in [5.41, 5.74) is 0.965. The summed E-state index contributed by atoms with van der Waals surface area (Å²) in [6.07, 6.45) is -2.17. The summed E-state index contributed by atoms with van der Waals surface area (Å²) in [6, 6.07) is -2.22. The lowest BCUT2D eigenvalue weighted by atomic mass is 10.0. The number of nitrogens with one attached hydrogen (secondary N) is 2. The van der Waals surface area contributed by atoms with E-state index in [2.05, 4.69) is 30.3 Å². The van der Waals surface area contributed by atoms with E-state index < -0.39 is 30.4 Å². The highest BCUT2D eigenvalue weighted by Crippen LogP contribution is 2.38. The minimum atomic E-state index is -4.43. The number of urea groups is 1. The number of hydrogen-bond acceptors (Lipinski definition) is 8. The molecule has 0 aromatic carbocycles. The second-order valence-corrected chi connectivity index (χ2v) is 8.26. The van der Waals surface area contributed by atoms with Gasteiger partial charge in [0.05, 0.1) is 18.4 Å². The summed E-state index contributed by atoms with van der Waals surface area (Å²) in [5, 5.41) is 5.88. The summed E-state index contributed by atoms with van der Waals surface area (Å²) in [7, 11) is 1.24. The molecule has 3 rings (SSSR count). The van der Waals surface area contributed by atoms with Crippen LogP contribution in [0.3, 0.4) is 0 Å². The van der Waals surface area contributed by atoms with Gasteiger partial charge in [0.15, 0.2) is 6.04 Å². The molecule has 0 fully saturated rings. The maximum Gasteiger partial charge on any atom is 0.411 e. The Bertz CT molecular complexity index is 926. The number of rotatable bonds is 5. The van der Waals surface area contributed by atoms with Gasteiger partial charge in [0.1, 0.15) is 16.1 Å². The van der Waals surface area contributed by atoms with Crippen LogP contribution in [0.5, 0.6) is 0 Å². The maximum atomic E-state index is 13.1. The molecule has 162 valence electrons. The zero-order valence-corrected chi connectivity index (χ0v) is 17.6. The van der Waals surface area contributed by atoms with Gasteiger partial charge in [0.2, 0.25) is 0 Å². The fraction of sp³-hybridized carbons (Fsp3) is 0.471. The summed E-state index contributed by atoms with van der Waals surface area (Å²) < 4.78 is 44.0. The van der Waals surface area contributed by atoms with Crippen LogP contribution in [0.2, 0.25) is 0 Å². The van der Waals surface area contributed by atoms with E-state index in [0.717, 1.165) is 23.1 Å². The number of thioether (sulfide) groups is 1. The van der Waals surface area contributed by atoms with Crippen molar-refractivity contribution in [3.63, 3.8) is 0 Å². The van der Waals surface area contributed by atoms with Crippen molar-refractivity contribution < 1.29 is 27.5 Å². The van der Waals surface area contributed by atoms with Gasteiger partial charge in [0.25, 0.3) is 0 Å². The van der Waals surface area contributed by atoms with E-state index in [4.69, 9.17) is 0 Å². The summed E-state index contributed by atoms with van der Waals surface area (Å²) in [5.74, 6) is -0.777. The first kappa shape index (κ1) is 22.3. The van der Waals surface area contributed by atoms with Crippen molar-refractivity contribution in [3.8, 4) is 0 Å². The minimum Gasteiger partial charge on any atom is -0.465 e. The van der Waals surface area contributed by atoms with E-state index in [9.17, 15) is 22.8 Å².